The Morgan fingerprint density at radius 3 is 1.38 bits per heavy atom. The van der Waals surface area contributed by atoms with Crippen LogP contribution in [0.5, 0.6) is 0 Å². The molecule has 2 nitrogen and oxygen atoms in total. The lowest BCUT2D eigenvalue weighted by Crippen LogP contribution is -1.54. The molecular formula is C4H8N2P2. The van der Waals surface area contributed by atoms with Crippen LogP contribution >= 0.6 is 18.5 Å². The Hall–Kier alpha value is -0.0600. The van der Waals surface area contributed by atoms with Crippen LogP contribution in [0.15, 0.2) is 34.3 Å². The van der Waals surface area contributed by atoms with E-state index in [1.54, 1.807) is 0 Å². The lowest BCUT2D eigenvalue weighted by atomic mass is 11.0. The number of nitrogens with zero attached hydrogens (tertiary/aromatic N) is 2. The second kappa shape index (κ2) is 3.88. The summed E-state index contributed by atoms with van der Waals surface area (Å²) in [5.41, 5.74) is 1.21. The second-order valence-corrected chi connectivity index (χ2v) is 2.52. The smallest absolute Gasteiger partial charge is 0.0723 e. The van der Waals surface area contributed by atoms with Crippen molar-refractivity contribution in [2.75, 3.05) is 0 Å². The van der Waals surface area contributed by atoms with Crippen LogP contribution in [-0.4, -0.2) is 0 Å². The first kappa shape index (κ1) is 7.94. The van der Waals surface area contributed by atoms with Crippen molar-refractivity contribution < 1.29 is 0 Å². The highest BCUT2D eigenvalue weighted by Gasteiger charge is 1.74. The van der Waals surface area contributed by atoms with E-state index >= 15 is 0 Å². The zero-order valence-electron chi connectivity index (χ0n) is 4.46. The Balaban J connectivity index is 3.67. The Morgan fingerprint density at radius 1 is 1.00 bits per heavy atom. The van der Waals surface area contributed by atoms with Gasteiger partial charge in [0.2, 0.25) is 0 Å². The molecule has 8 heavy (non-hydrogen) atoms. The third kappa shape index (κ3) is 5.94. The minimum atomic E-state index is 0.605. The van der Waals surface area contributed by atoms with Gasteiger partial charge in [0.1, 0.15) is 0 Å². The van der Waals surface area contributed by atoms with Crippen LogP contribution in [0, 0.1) is 0 Å². The van der Waals surface area contributed by atoms with Crippen molar-refractivity contribution >= 4 is 18.5 Å². The summed E-state index contributed by atoms with van der Waals surface area (Å²) in [7, 11) is 4.64. The maximum Gasteiger partial charge on any atom is 0.0723 e. The van der Waals surface area contributed by atoms with Crippen LogP contribution < -0.4 is 0 Å². The van der Waals surface area contributed by atoms with E-state index in [0.29, 0.717) is 10.9 Å². The minimum absolute atomic E-state index is 0.605. The highest BCUT2D eigenvalue weighted by molar-refractivity contribution is 7.22. The molecule has 0 heterocycles. The molecule has 0 saturated carbocycles. The molecule has 0 saturated heterocycles. The van der Waals surface area contributed by atoms with E-state index in [0.717, 1.165) is 0 Å². The Bertz CT molecular complexity index is 123. The molecule has 0 fully saturated rings. The molecule has 0 bridgehead atoms. The summed E-state index contributed by atoms with van der Waals surface area (Å²) < 4.78 is 0. The fourth-order valence-electron chi connectivity index (χ4n) is 0.128. The Morgan fingerprint density at radius 2 is 1.25 bits per heavy atom. The highest BCUT2D eigenvalue weighted by Crippen LogP contribution is 2.08. The molecule has 0 aromatic carbocycles. The third-order valence-corrected chi connectivity index (χ3v) is 0.538. The van der Waals surface area contributed by atoms with Gasteiger partial charge < -0.3 is 0 Å². The molecule has 0 aliphatic rings. The van der Waals surface area contributed by atoms with E-state index in [9.17, 15) is 0 Å². The van der Waals surface area contributed by atoms with Gasteiger partial charge in [-0.05, 0) is 0 Å². The molecule has 2 unspecified atom stereocenters. The average molecular weight is 146 g/mol. The van der Waals surface area contributed by atoms with Crippen molar-refractivity contribution in [2.45, 2.75) is 0 Å². The predicted octanol–water partition coefficient (Wildman–Crippen LogP) is 2.13. The molecule has 44 valence electrons. The van der Waals surface area contributed by atoms with Gasteiger partial charge in [-0.25, -0.2) is 0 Å². The predicted molar refractivity (Wildman–Crippen MR) is 42.6 cm³/mol. The first-order valence-electron chi connectivity index (χ1n) is 1.93. The number of rotatable bonds is 2. The van der Waals surface area contributed by atoms with Gasteiger partial charge in [-0.2, -0.15) is 10.2 Å². The molecule has 4 heteroatoms. The van der Waals surface area contributed by atoms with Crippen molar-refractivity contribution in [3.63, 3.8) is 0 Å². The van der Waals surface area contributed by atoms with Gasteiger partial charge in [-0.1, -0.05) is 31.6 Å². The zero-order valence-corrected chi connectivity index (χ0v) is 6.77. The van der Waals surface area contributed by atoms with E-state index in [4.69, 9.17) is 0 Å². The molecular weight excluding hydrogens is 138 g/mol. The van der Waals surface area contributed by atoms with Crippen LogP contribution in [0.3, 0.4) is 0 Å². The van der Waals surface area contributed by atoms with Crippen molar-refractivity contribution in [3.8, 4) is 0 Å². The molecule has 0 aromatic rings. The fourth-order valence-corrected chi connectivity index (χ4v) is 0.244. The maximum atomic E-state index is 3.60. The monoisotopic (exact) mass is 146 g/mol. The van der Waals surface area contributed by atoms with Crippen LogP contribution in [-0.2, 0) is 0 Å². The summed E-state index contributed by atoms with van der Waals surface area (Å²) in [5, 5.41) is 7.19. The Kier molecular flexibility index (Phi) is 3.85. The first-order valence-corrected chi connectivity index (χ1v) is 3.09. The van der Waals surface area contributed by atoms with Gasteiger partial charge >= 0.3 is 0 Å². The highest BCUT2D eigenvalue weighted by atomic mass is 31.0. The summed E-state index contributed by atoms with van der Waals surface area (Å²) in [6.07, 6.45) is 0. The Labute approximate surface area is 53.6 Å². The molecule has 0 amide bonds. The normalized spacial score (nSPS) is 9.75. The average Bonchev–Trinajstić information content (AvgIpc) is 1.61. The van der Waals surface area contributed by atoms with E-state index in [1.165, 1.54) is 0 Å². The van der Waals surface area contributed by atoms with E-state index in [2.05, 4.69) is 41.9 Å². The SMILES string of the molecule is C=C(P)/N=N\C(=C)P. The summed E-state index contributed by atoms with van der Waals surface area (Å²) in [4.78, 5) is 0. The minimum Gasteiger partial charge on any atom is -0.151 e. The standard InChI is InChI=1S/C4H8N2P2/c1-3(7)5-6-4(2)8/h1-2,7-8H2/b6-5-. The van der Waals surface area contributed by atoms with Crippen LogP contribution in [0.25, 0.3) is 0 Å². The van der Waals surface area contributed by atoms with Gasteiger partial charge in [0, 0.05) is 0 Å². The van der Waals surface area contributed by atoms with Gasteiger partial charge in [-0.3, -0.25) is 0 Å². The molecule has 0 rings (SSSR count). The van der Waals surface area contributed by atoms with Crippen LogP contribution in [0.1, 0.15) is 0 Å². The molecule has 0 spiro atoms. The van der Waals surface area contributed by atoms with E-state index in [1.807, 2.05) is 0 Å². The number of hydrogen-bond donors (Lipinski definition) is 0. The molecule has 0 N–H and O–H groups in total. The maximum absolute atomic E-state index is 3.60. The number of hydrogen-bond acceptors (Lipinski definition) is 2. The van der Waals surface area contributed by atoms with Crippen LogP contribution in [0.2, 0.25) is 0 Å². The molecule has 0 aromatic heterocycles. The van der Waals surface area contributed by atoms with Crippen molar-refractivity contribution in [3.05, 3.63) is 24.0 Å². The summed E-state index contributed by atoms with van der Waals surface area (Å²) >= 11 is 0. The van der Waals surface area contributed by atoms with Crippen molar-refractivity contribution in [1.29, 1.82) is 0 Å². The van der Waals surface area contributed by atoms with Gasteiger partial charge in [0.05, 0.1) is 10.9 Å². The molecule has 0 aliphatic heterocycles. The second-order valence-electron chi connectivity index (χ2n) is 1.18. The number of azo groups is 1. The van der Waals surface area contributed by atoms with E-state index in [-0.39, 0.29) is 0 Å². The summed E-state index contributed by atoms with van der Waals surface area (Å²) in [6.45, 7) is 6.96. The van der Waals surface area contributed by atoms with Crippen molar-refractivity contribution in [2.24, 2.45) is 10.2 Å². The molecule has 0 aliphatic carbocycles. The molecule has 0 radical (unpaired) electrons. The molecule has 2 atom stereocenters. The largest absolute Gasteiger partial charge is 0.151 e. The topological polar surface area (TPSA) is 24.7 Å². The van der Waals surface area contributed by atoms with Gasteiger partial charge in [-0.15, -0.1) is 0 Å². The summed E-state index contributed by atoms with van der Waals surface area (Å²) in [6, 6.07) is 0. The fraction of sp³-hybridized carbons (Fsp3) is 0. The lowest BCUT2D eigenvalue weighted by molar-refractivity contribution is 1.20. The van der Waals surface area contributed by atoms with Crippen molar-refractivity contribution in [1.82, 2.24) is 0 Å². The van der Waals surface area contributed by atoms with Crippen LogP contribution in [0.4, 0.5) is 0 Å². The summed E-state index contributed by atoms with van der Waals surface area (Å²) in [5.74, 6) is 0. The van der Waals surface area contributed by atoms with Gasteiger partial charge in [0.25, 0.3) is 0 Å². The quantitative estimate of drug-likeness (QED) is 0.421. The van der Waals surface area contributed by atoms with Gasteiger partial charge in [0.15, 0.2) is 0 Å². The first-order chi connectivity index (χ1) is 3.63. The lowest BCUT2D eigenvalue weighted by Gasteiger charge is -1.82. The zero-order chi connectivity index (χ0) is 6.57. The van der Waals surface area contributed by atoms with E-state index < -0.39 is 0 Å². The third-order valence-electron chi connectivity index (χ3n) is 0.307.